The Morgan fingerprint density at radius 3 is 2.56 bits per heavy atom. The predicted octanol–water partition coefficient (Wildman–Crippen LogP) is 3.11. The third-order valence-corrected chi connectivity index (χ3v) is 4.56. The average Bonchev–Trinajstić information content (AvgIpc) is 2.93. The fourth-order valence-electron chi connectivity index (χ4n) is 2.16. The summed E-state index contributed by atoms with van der Waals surface area (Å²) < 4.78 is 6.63. The molecule has 0 aliphatic heterocycles. The third kappa shape index (κ3) is 2.11. The van der Waals surface area contributed by atoms with Gasteiger partial charge < -0.3 is 10.5 Å². The summed E-state index contributed by atoms with van der Waals surface area (Å²) in [4.78, 5) is 0. The van der Waals surface area contributed by atoms with Gasteiger partial charge >= 0.3 is 0 Å². The molecule has 0 unspecified atom stereocenters. The highest BCUT2D eigenvalue weighted by Gasteiger charge is 2.39. The molecule has 1 saturated carbocycles. The highest BCUT2D eigenvalue weighted by atomic mass is 79.9. The molecule has 0 atom stereocenters. The van der Waals surface area contributed by atoms with Crippen molar-refractivity contribution in [2.75, 3.05) is 7.11 Å². The fraction of sp³-hybridized carbons (Fsp3) is 0.538. The lowest BCUT2D eigenvalue weighted by atomic mass is 9.99. The molecule has 1 fully saturated rings. The van der Waals surface area contributed by atoms with Gasteiger partial charge in [-0.1, -0.05) is 22.0 Å². The Morgan fingerprint density at radius 1 is 1.44 bits per heavy atom. The molecule has 0 bridgehead atoms. The van der Waals surface area contributed by atoms with Crippen LogP contribution < -0.4 is 10.5 Å². The second-order valence-corrected chi connectivity index (χ2v) is 5.66. The normalized spacial score (nSPS) is 17.3. The highest BCUT2D eigenvalue weighted by Crippen LogP contribution is 2.40. The Kier molecular flexibility index (Phi) is 3.01. The topological polar surface area (TPSA) is 35.2 Å². The molecule has 1 aliphatic rings. The number of ether oxygens (including phenoxy) is 1. The zero-order valence-corrected chi connectivity index (χ0v) is 11.6. The van der Waals surface area contributed by atoms with E-state index in [0.717, 1.165) is 29.5 Å². The monoisotopic (exact) mass is 283 g/mol. The Labute approximate surface area is 105 Å². The highest BCUT2D eigenvalue weighted by molar-refractivity contribution is 9.10. The van der Waals surface area contributed by atoms with Crippen molar-refractivity contribution in [2.24, 2.45) is 5.73 Å². The van der Waals surface area contributed by atoms with E-state index in [2.05, 4.69) is 35.8 Å². The van der Waals surface area contributed by atoms with E-state index in [4.69, 9.17) is 10.5 Å². The van der Waals surface area contributed by atoms with Crippen LogP contribution in [0, 0.1) is 13.8 Å². The van der Waals surface area contributed by atoms with Gasteiger partial charge in [-0.05, 0) is 44.2 Å². The van der Waals surface area contributed by atoms with Gasteiger partial charge in [0.1, 0.15) is 5.75 Å². The van der Waals surface area contributed by atoms with Gasteiger partial charge in [-0.3, -0.25) is 0 Å². The van der Waals surface area contributed by atoms with E-state index in [-0.39, 0.29) is 5.54 Å². The van der Waals surface area contributed by atoms with Crippen molar-refractivity contribution >= 4 is 15.9 Å². The first kappa shape index (κ1) is 11.9. The first-order chi connectivity index (χ1) is 7.47. The van der Waals surface area contributed by atoms with Gasteiger partial charge in [0.2, 0.25) is 0 Å². The van der Waals surface area contributed by atoms with Crippen molar-refractivity contribution in [2.45, 2.75) is 38.6 Å². The fourth-order valence-corrected chi connectivity index (χ4v) is 2.45. The van der Waals surface area contributed by atoms with Crippen LogP contribution in [0.1, 0.15) is 29.5 Å². The lowest BCUT2D eigenvalue weighted by Crippen LogP contribution is -2.25. The lowest BCUT2D eigenvalue weighted by molar-refractivity contribution is 0.403. The maximum Gasteiger partial charge on any atom is 0.126 e. The lowest BCUT2D eigenvalue weighted by Gasteiger charge is -2.17. The van der Waals surface area contributed by atoms with E-state index in [0.29, 0.717) is 0 Å². The number of halogens is 1. The maximum absolute atomic E-state index is 6.17. The van der Waals surface area contributed by atoms with Crippen LogP contribution in [0.2, 0.25) is 0 Å². The van der Waals surface area contributed by atoms with E-state index in [1.807, 2.05) is 0 Å². The first-order valence-corrected chi connectivity index (χ1v) is 6.37. The summed E-state index contributed by atoms with van der Waals surface area (Å²) >= 11 is 3.59. The molecule has 1 aliphatic carbocycles. The van der Waals surface area contributed by atoms with Crippen LogP contribution in [0.3, 0.4) is 0 Å². The second kappa shape index (κ2) is 4.04. The van der Waals surface area contributed by atoms with Crippen LogP contribution in [0.15, 0.2) is 10.5 Å². The van der Waals surface area contributed by atoms with E-state index < -0.39 is 0 Å². The van der Waals surface area contributed by atoms with Crippen LogP contribution >= 0.6 is 15.9 Å². The Bertz CT molecular complexity index is 424. The van der Waals surface area contributed by atoms with Gasteiger partial charge in [0.05, 0.1) is 7.11 Å². The van der Waals surface area contributed by atoms with Crippen molar-refractivity contribution in [1.29, 1.82) is 0 Å². The van der Waals surface area contributed by atoms with Gasteiger partial charge in [0, 0.05) is 15.6 Å². The average molecular weight is 284 g/mol. The minimum atomic E-state index is 0.0278. The molecule has 1 aromatic carbocycles. The van der Waals surface area contributed by atoms with Gasteiger partial charge in [0.15, 0.2) is 0 Å². The molecule has 2 N–H and O–H groups in total. The number of hydrogen-bond acceptors (Lipinski definition) is 2. The molecule has 0 heterocycles. The molecular formula is C13H18BrNO. The molecule has 0 amide bonds. The summed E-state index contributed by atoms with van der Waals surface area (Å²) in [6, 6.07) is 2.18. The van der Waals surface area contributed by atoms with Crippen LogP contribution in [0.5, 0.6) is 5.75 Å². The zero-order valence-electron chi connectivity index (χ0n) is 10.1. The maximum atomic E-state index is 6.17. The quantitative estimate of drug-likeness (QED) is 0.925. The Balaban J connectivity index is 2.43. The van der Waals surface area contributed by atoms with Crippen molar-refractivity contribution in [3.8, 4) is 5.75 Å². The van der Waals surface area contributed by atoms with Crippen molar-refractivity contribution < 1.29 is 4.74 Å². The molecule has 3 heteroatoms. The Hall–Kier alpha value is -0.540. The van der Waals surface area contributed by atoms with Gasteiger partial charge in [0.25, 0.3) is 0 Å². The number of methoxy groups -OCH3 is 1. The minimum Gasteiger partial charge on any atom is -0.496 e. The Morgan fingerprint density at radius 2 is 2.06 bits per heavy atom. The largest absolute Gasteiger partial charge is 0.496 e. The molecule has 2 nitrogen and oxygen atoms in total. The summed E-state index contributed by atoms with van der Waals surface area (Å²) in [5, 5.41) is 0. The summed E-state index contributed by atoms with van der Waals surface area (Å²) in [5.74, 6) is 0.981. The summed E-state index contributed by atoms with van der Waals surface area (Å²) in [5.41, 5.74) is 9.85. The van der Waals surface area contributed by atoms with Crippen molar-refractivity contribution in [3.05, 3.63) is 27.2 Å². The second-order valence-electron chi connectivity index (χ2n) is 4.86. The van der Waals surface area contributed by atoms with Crippen LogP contribution in [-0.2, 0) is 6.42 Å². The van der Waals surface area contributed by atoms with Gasteiger partial charge in [-0.2, -0.15) is 0 Å². The minimum absolute atomic E-state index is 0.0278. The molecule has 2 rings (SSSR count). The third-order valence-electron chi connectivity index (χ3n) is 3.34. The standard InChI is InChI=1S/C13H18BrNO/c1-8-6-10(7-13(15)4-5-13)12(16-3)9(2)11(8)14/h6H,4-5,7,15H2,1-3H3. The molecule has 0 spiro atoms. The molecule has 88 valence electrons. The number of benzene rings is 1. The zero-order chi connectivity index (χ0) is 11.9. The molecule has 0 aromatic heterocycles. The number of aryl methyl sites for hydroxylation is 1. The van der Waals surface area contributed by atoms with Gasteiger partial charge in [-0.25, -0.2) is 0 Å². The van der Waals surface area contributed by atoms with Crippen LogP contribution in [-0.4, -0.2) is 12.6 Å². The molecule has 16 heavy (non-hydrogen) atoms. The molecule has 0 saturated heterocycles. The molecule has 1 aromatic rings. The predicted molar refractivity (Wildman–Crippen MR) is 70.0 cm³/mol. The van der Waals surface area contributed by atoms with Crippen LogP contribution in [0.25, 0.3) is 0 Å². The molecule has 0 radical (unpaired) electrons. The number of rotatable bonds is 3. The number of hydrogen-bond donors (Lipinski definition) is 1. The van der Waals surface area contributed by atoms with Crippen LogP contribution in [0.4, 0.5) is 0 Å². The summed E-state index contributed by atoms with van der Waals surface area (Å²) in [6.45, 7) is 4.19. The number of nitrogens with two attached hydrogens (primary N) is 1. The first-order valence-electron chi connectivity index (χ1n) is 5.58. The van der Waals surface area contributed by atoms with E-state index in [9.17, 15) is 0 Å². The van der Waals surface area contributed by atoms with E-state index in [1.54, 1.807) is 7.11 Å². The summed E-state index contributed by atoms with van der Waals surface area (Å²) in [6.07, 6.45) is 3.18. The van der Waals surface area contributed by atoms with Crippen molar-refractivity contribution in [3.63, 3.8) is 0 Å². The SMILES string of the molecule is COc1c(CC2(N)CC2)cc(C)c(Br)c1C. The molecular weight excluding hydrogens is 266 g/mol. The van der Waals surface area contributed by atoms with E-state index in [1.165, 1.54) is 16.7 Å². The summed E-state index contributed by atoms with van der Waals surface area (Å²) in [7, 11) is 1.73. The van der Waals surface area contributed by atoms with E-state index >= 15 is 0 Å². The van der Waals surface area contributed by atoms with Crippen molar-refractivity contribution in [1.82, 2.24) is 0 Å². The smallest absolute Gasteiger partial charge is 0.126 e. The van der Waals surface area contributed by atoms with Gasteiger partial charge in [-0.15, -0.1) is 0 Å².